The Kier molecular flexibility index (Phi) is 4.74. The number of nitrogens with one attached hydrogen (secondary N) is 1. The first-order valence-electron chi connectivity index (χ1n) is 6.12. The fraction of sp³-hybridized carbons (Fsp3) is 0.286. The summed E-state index contributed by atoms with van der Waals surface area (Å²) in [4.78, 5) is 23.4. The molecule has 1 aromatic rings. The number of anilines is 1. The monoisotopic (exact) mass is 389 g/mol. The van der Waals surface area contributed by atoms with E-state index in [1.807, 2.05) is 28.7 Å². The zero-order valence-corrected chi connectivity index (χ0v) is 12.6. The highest BCUT2D eigenvalue weighted by Crippen LogP contribution is 2.28. The van der Waals surface area contributed by atoms with Gasteiger partial charge in [-0.3, -0.25) is 9.59 Å². The van der Waals surface area contributed by atoms with E-state index in [4.69, 9.17) is 5.11 Å². The number of carboxylic acids is 1. The summed E-state index contributed by atoms with van der Waals surface area (Å²) in [6, 6.07) is 4.04. The summed E-state index contributed by atoms with van der Waals surface area (Å²) in [5, 5.41) is 11.8. The standard InChI is InChI=1S/C14H13FINO3/c15-8-5-6-12(11(16)7-8)17-13(18)9-3-1-2-4-10(9)14(19)20/h1-2,5-7,9-10H,3-4H2,(H,17,18)(H,19,20). The summed E-state index contributed by atoms with van der Waals surface area (Å²) >= 11 is 1.92. The molecule has 1 amide bonds. The van der Waals surface area contributed by atoms with Crippen LogP contribution in [0.15, 0.2) is 30.4 Å². The lowest BCUT2D eigenvalue weighted by Gasteiger charge is -2.24. The molecule has 0 heterocycles. The van der Waals surface area contributed by atoms with Gasteiger partial charge in [0.15, 0.2) is 0 Å². The van der Waals surface area contributed by atoms with E-state index in [2.05, 4.69) is 5.32 Å². The first-order chi connectivity index (χ1) is 9.49. The molecule has 0 fully saturated rings. The topological polar surface area (TPSA) is 66.4 Å². The summed E-state index contributed by atoms with van der Waals surface area (Å²) in [6.45, 7) is 0. The lowest BCUT2D eigenvalue weighted by Crippen LogP contribution is -2.34. The van der Waals surface area contributed by atoms with Gasteiger partial charge < -0.3 is 10.4 Å². The van der Waals surface area contributed by atoms with Crippen molar-refractivity contribution in [3.05, 3.63) is 39.7 Å². The zero-order chi connectivity index (χ0) is 14.7. The molecule has 0 saturated carbocycles. The Hall–Kier alpha value is -1.44. The molecule has 0 aromatic heterocycles. The molecular formula is C14H13FINO3. The Morgan fingerprint density at radius 1 is 1.25 bits per heavy atom. The number of aliphatic carboxylic acids is 1. The molecule has 1 aromatic carbocycles. The SMILES string of the molecule is O=C(O)C1CC=CCC1C(=O)Nc1ccc(F)cc1I. The molecule has 2 N–H and O–H groups in total. The summed E-state index contributed by atoms with van der Waals surface area (Å²) in [5.41, 5.74) is 0.496. The minimum absolute atomic E-state index is 0.341. The minimum Gasteiger partial charge on any atom is -0.481 e. The highest BCUT2D eigenvalue weighted by molar-refractivity contribution is 14.1. The molecule has 2 rings (SSSR count). The summed E-state index contributed by atoms with van der Waals surface area (Å²) in [5.74, 6) is -3.00. The quantitative estimate of drug-likeness (QED) is 0.617. The molecule has 20 heavy (non-hydrogen) atoms. The molecule has 1 aliphatic rings. The van der Waals surface area contributed by atoms with Crippen molar-refractivity contribution in [3.63, 3.8) is 0 Å². The second-order valence-electron chi connectivity index (χ2n) is 4.61. The van der Waals surface area contributed by atoms with Gasteiger partial charge in [0, 0.05) is 3.57 Å². The maximum atomic E-state index is 13.0. The van der Waals surface area contributed by atoms with E-state index < -0.39 is 17.8 Å². The van der Waals surface area contributed by atoms with E-state index >= 15 is 0 Å². The van der Waals surface area contributed by atoms with Crippen LogP contribution < -0.4 is 5.32 Å². The van der Waals surface area contributed by atoms with Crippen LogP contribution in [0.1, 0.15) is 12.8 Å². The van der Waals surface area contributed by atoms with Gasteiger partial charge in [0.25, 0.3) is 0 Å². The van der Waals surface area contributed by atoms with E-state index in [-0.39, 0.29) is 11.7 Å². The van der Waals surface area contributed by atoms with Gasteiger partial charge in [-0.05, 0) is 53.6 Å². The second kappa shape index (κ2) is 6.34. The van der Waals surface area contributed by atoms with Crippen LogP contribution in [-0.2, 0) is 9.59 Å². The number of carbonyl (C=O) groups excluding carboxylic acids is 1. The summed E-state index contributed by atoms with van der Waals surface area (Å²) < 4.78 is 13.6. The Morgan fingerprint density at radius 3 is 2.50 bits per heavy atom. The largest absolute Gasteiger partial charge is 0.481 e. The molecule has 6 heteroatoms. The van der Waals surface area contributed by atoms with Crippen molar-refractivity contribution in [1.82, 2.24) is 0 Å². The number of halogens is 2. The number of carbonyl (C=O) groups is 2. The molecule has 0 bridgehead atoms. The van der Waals surface area contributed by atoms with E-state index in [0.717, 1.165) is 0 Å². The van der Waals surface area contributed by atoms with Crippen molar-refractivity contribution in [2.45, 2.75) is 12.8 Å². The molecule has 106 valence electrons. The first-order valence-corrected chi connectivity index (χ1v) is 7.20. The van der Waals surface area contributed by atoms with Crippen molar-refractivity contribution >= 4 is 40.2 Å². The van der Waals surface area contributed by atoms with Crippen molar-refractivity contribution in [2.24, 2.45) is 11.8 Å². The third-order valence-electron chi connectivity index (χ3n) is 3.28. The Morgan fingerprint density at radius 2 is 1.90 bits per heavy atom. The number of carboxylic acid groups (broad SMARTS) is 1. The lowest BCUT2D eigenvalue weighted by atomic mass is 9.82. The predicted octanol–water partition coefficient (Wildman–Crippen LogP) is 3.04. The van der Waals surface area contributed by atoms with E-state index in [1.165, 1.54) is 18.2 Å². The highest BCUT2D eigenvalue weighted by Gasteiger charge is 2.34. The van der Waals surface area contributed by atoms with Crippen LogP contribution >= 0.6 is 22.6 Å². The van der Waals surface area contributed by atoms with E-state index in [1.54, 1.807) is 6.08 Å². The normalized spacial score (nSPS) is 21.5. The number of hydrogen-bond acceptors (Lipinski definition) is 2. The zero-order valence-electron chi connectivity index (χ0n) is 10.5. The van der Waals surface area contributed by atoms with Gasteiger partial charge in [0.05, 0.1) is 17.5 Å². The maximum Gasteiger partial charge on any atom is 0.307 e. The number of hydrogen-bond donors (Lipinski definition) is 2. The molecule has 4 nitrogen and oxygen atoms in total. The average molecular weight is 389 g/mol. The molecule has 0 saturated heterocycles. The molecule has 2 atom stereocenters. The van der Waals surface area contributed by atoms with Gasteiger partial charge in [-0.25, -0.2) is 4.39 Å². The van der Waals surface area contributed by atoms with Gasteiger partial charge in [-0.2, -0.15) is 0 Å². The molecule has 0 radical (unpaired) electrons. The highest BCUT2D eigenvalue weighted by atomic mass is 127. The molecular weight excluding hydrogens is 376 g/mol. The predicted molar refractivity (Wildman–Crippen MR) is 80.7 cm³/mol. The van der Waals surface area contributed by atoms with Crippen LogP contribution in [0.3, 0.4) is 0 Å². The Labute approximate surface area is 129 Å². The molecule has 2 unspecified atom stereocenters. The Bertz CT molecular complexity index is 574. The van der Waals surface area contributed by atoms with E-state index in [0.29, 0.717) is 22.1 Å². The third kappa shape index (κ3) is 3.36. The van der Waals surface area contributed by atoms with Crippen LogP contribution in [-0.4, -0.2) is 17.0 Å². The fourth-order valence-electron chi connectivity index (χ4n) is 2.19. The van der Waals surface area contributed by atoms with Gasteiger partial charge in [0.1, 0.15) is 5.82 Å². The van der Waals surface area contributed by atoms with Crippen molar-refractivity contribution in [1.29, 1.82) is 0 Å². The van der Waals surface area contributed by atoms with Crippen LogP contribution in [0.25, 0.3) is 0 Å². The third-order valence-corrected chi connectivity index (χ3v) is 4.17. The van der Waals surface area contributed by atoms with Crippen LogP contribution in [0.5, 0.6) is 0 Å². The number of rotatable bonds is 3. The van der Waals surface area contributed by atoms with Gasteiger partial charge >= 0.3 is 5.97 Å². The fourth-order valence-corrected chi connectivity index (χ4v) is 2.81. The first kappa shape index (κ1) is 15.0. The number of benzene rings is 1. The molecule has 1 aliphatic carbocycles. The van der Waals surface area contributed by atoms with Gasteiger partial charge in [0.2, 0.25) is 5.91 Å². The van der Waals surface area contributed by atoms with Crippen LogP contribution in [0.4, 0.5) is 10.1 Å². The van der Waals surface area contributed by atoms with Gasteiger partial charge in [-0.15, -0.1) is 0 Å². The maximum absolute atomic E-state index is 13.0. The minimum atomic E-state index is -0.969. The molecule has 0 spiro atoms. The average Bonchev–Trinajstić information content (AvgIpc) is 2.41. The smallest absolute Gasteiger partial charge is 0.307 e. The van der Waals surface area contributed by atoms with Crippen molar-refractivity contribution in [2.75, 3.05) is 5.32 Å². The van der Waals surface area contributed by atoms with Crippen LogP contribution in [0, 0.1) is 21.2 Å². The number of allylic oxidation sites excluding steroid dienone is 2. The molecule has 0 aliphatic heterocycles. The van der Waals surface area contributed by atoms with Gasteiger partial charge in [-0.1, -0.05) is 12.2 Å². The summed E-state index contributed by atoms with van der Waals surface area (Å²) in [6.07, 6.45) is 4.36. The summed E-state index contributed by atoms with van der Waals surface area (Å²) in [7, 11) is 0. The van der Waals surface area contributed by atoms with Crippen molar-refractivity contribution in [3.8, 4) is 0 Å². The number of amides is 1. The lowest BCUT2D eigenvalue weighted by molar-refractivity contribution is -0.146. The second-order valence-corrected chi connectivity index (χ2v) is 5.77. The van der Waals surface area contributed by atoms with E-state index in [9.17, 15) is 14.0 Å². The Balaban J connectivity index is 2.14. The van der Waals surface area contributed by atoms with Crippen molar-refractivity contribution < 1.29 is 19.1 Å². The van der Waals surface area contributed by atoms with Crippen LogP contribution in [0.2, 0.25) is 0 Å².